The van der Waals surface area contributed by atoms with Gasteiger partial charge in [0.15, 0.2) is 5.65 Å². The Morgan fingerprint density at radius 2 is 2.12 bits per heavy atom. The molecule has 4 N–H and O–H groups in total. The van der Waals surface area contributed by atoms with Crippen molar-refractivity contribution in [1.82, 2.24) is 19.2 Å². The van der Waals surface area contributed by atoms with Gasteiger partial charge < -0.3 is 25.7 Å². The van der Waals surface area contributed by atoms with E-state index < -0.39 is 0 Å². The summed E-state index contributed by atoms with van der Waals surface area (Å²) in [7, 11) is 1.74. The maximum Gasteiger partial charge on any atom is 0.319 e. The van der Waals surface area contributed by atoms with Gasteiger partial charge in [-0.2, -0.15) is 9.61 Å². The second-order valence-electron chi connectivity index (χ2n) is 8.81. The van der Waals surface area contributed by atoms with Crippen LogP contribution >= 0.6 is 0 Å². The molecule has 10 nitrogen and oxygen atoms in total. The summed E-state index contributed by atoms with van der Waals surface area (Å²) in [5.41, 5.74) is 8.19. The lowest BCUT2D eigenvalue weighted by Crippen LogP contribution is -2.36. The topological polar surface area (TPSA) is 129 Å². The van der Waals surface area contributed by atoms with Crippen LogP contribution in [0.15, 0.2) is 35.4 Å². The Hall–Kier alpha value is -3.40. The maximum atomic E-state index is 11.7. The molecule has 1 saturated carbocycles. The first-order valence-corrected chi connectivity index (χ1v) is 11.9. The van der Waals surface area contributed by atoms with Crippen molar-refractivity contribution in [1.29, 1.82) is 0 Å². The van der Waals surface area contributed by atoms with Crippen LogP contribution in [0.25, 0.3) is 5.65 Å². The van der Waals surface area contributed by atoms with E-state index in [1.807, 2.05) is 29.0 Å². The molecule has 0 radical (unpaired) electrons. The molecule has 10 heteroatoms. The molecule has 0 aliphatic heterocycles. The highest BCUT2D eigenvalue weighted by Crippen LogP contribution is 2.29. The van der Waals surface area contributed by atoms with Gasteiger partial charge in [-0.3, -0.25) is 9.59 Å². The molecule has 1 aliphatic rings. The summed E-state index contributed by atoms with van der Waals surface area (Å²) < 4.78 is 8.73. The van der Waals surface area contributed by atoms with Gasteiger partial charge in [0.05, 0.1) is 19.3 Å². The van der Waals surface area contributed by atoms with Gasteiger partial charge in [-0.25, -0.2) is 4.98 Å². The van der Waals surface area contributed by atoms with E-state index in [0.29, 0.717) is 13.2 Å². The van der Waals surface area contributed by atoms with Crippen LogP contribution in [0.4, 0.5) is 11.6 Å². The maximum absolute atomic E-state index is 11.7. The number of esters is 1. The highest BCUT2D eigenvalue weighted by Gasteiger charge is 2.27. The lowest BCUT2D eigenvalue weighted by atomic mass is 9.85. The van der Waals surface area contributed by atoms with Crippen LogP contribution in [-0.4, -0.2) is 44.3 Å². The number of rotatable bonds is 9. The van der Waals surface area contributed by atoms with Crippen molar-refractivity contribution in [2.24, 2.45) is 18.7 Å². The lowest BCUT2D eigenvalue weighted by Gasteiger charge is -2.32. The quantitative estimate of drug-likeness (QED) is 0.408. The second-order valence-corrected chi connectivity index (χ2v) is 8.81. The lowest BCUT2D eigenvalue weighted by molar-refractivity contribution is -0.143. The number of aromatic nitrogens is 4. The Labute approximate surface area is 198 Å². The van der Waals surface area contributed by atoms with Crippen molar-refractivity contribution in [2.75, 3.05) is 23.8 Å². The zero-order valence-corrected chi connectivity index (χ0v) is 19.8. The van der Waals surface area contributed by atoms with Gasteiger partial charge in [0.1, 0.15) is 11.6 Å². The van der Waals surface area contributed by atoms with Gasteiger partial charge in [-0.05, 0) is 24.8 Å². The van der Waals surface area contributed by atoms with Crippen LogP contribution in [0.3, 0.4) is 0 Å². The predicted octanol–water partition coefficient (Wildman–Crippen LogP) is 2.08. The van der Waals surface area contributed by atoms with Crippen molar-refractivity contribution in [3.8, 4) is 0 Å². The molecule has 2 atom stereocenters. The predicted molar refractivity (Wildman–Crippen MR) is 131 cm³/mol. The van der Waals surface area contributed by atoms with E-state index in [4.69, 9.17) is 15.5 Å². The number of hydrogen-bond donors (Lipinski definition) is 3. The van der Waals surface area contributed by atoms with E-state index in [1.165, 1.54) is 0 Å². The summed E-state index contributed by atoms with van der Waals surface area (Å²) >= 11 is 0. The third-order valence-electron chi connectivity index (χ3n) is 6.41. The minimum atomic E-state index is -0.374. The van der Waals surface area contributed by atoms with Gasteiger partial charge in [0, 0.05) is 49.4 Å². The molecule has 34 heavy (non-hydrogen) atoms. The monoisotopic (exact) mass is 467 g/mol. The molecule has 0 aromatic carbocycles. The first kappa shape index (κ1) is 23.7. The zero-order valence-electron chi connectivity index (χ0n) is 19.8. The van der Waals surface area contributed by atoms with Gasteiger partial charge in [0.2, 0.25) is 5.56 Å². The number of pyridine rings is 1. The number of nitrogens with two attached hydrogens (primary N) is 1. The molecule has 0 amide bonds. The van der Waals surface area contributed by atoms with E-state index >= 15 is 0 Å². The third kappa shape index (κ3) is 5.39. The van der Waals surface area contributed by atoms with Crippen LogP contribution in [-0.2, 0) is 29.5 Å². The number of carbonyl (C=O) groups is 1. The smallest absolute Gasteiger partial charge is 0.319 e. The Morgan fingerprint density at radius 3 is 2.88 bits per heavy atom. The summed E-state index contributed by atoms with van der Waals surface area (Å²) in [5.74, 6) is 1.40. The molecule has 182 valence electrons. The first-order chi connectivity index (χ1) is 16.5. The molecular formula is C24H33N7O3. The Bertz CT molecular complexity index is 1200. The van der Waals surface area contributed by atoms with Crippen LogP contribution in [0.5, 0.6) is 0 Å². The fourth-order valence-electron chi connectivity index (χ4n) is 4.45. The summed E-state index contributed by atoms with van der Waals surface area (Å²) in [5, 5.41) is 11.6. The average molecular weight is 468 g/mol. The average Bonchev–Trinajstić information content (AvgIpc) is 3.27. The minimum Gasteiger partial charge on any atom is -0.464 e. The fraction of sp³-hybridized carbons (Fsp3) is 0.500. The van der Waals surface area contributed by atoms with Gasteiger partial charge in [-0.15, -0.1) is 0 Å². The Morgan fingerprint density at radius 1 is 1.29 bits per heavy atom. The SMILES string of the molecule is CCc1cnn2c(NCc3ccc(=O)n(C)c3)cc(N[C@H]3CCCC[C@H]3COC(=O)CN)nc12. The van der Waals surface area contributed by atoms with Crippen LogP contribution in [0, 0.1) is 5.92 Å². The molecule has 4 rings (SSSR count). The Kier molecular flexibility index (Phi) is 7.46. The number of hydrogen-bond acceptors (Lipinski definition) is 8. The summed E-state index contributed by atoms with van der Waals surface area (Å²) in [6, 6.07) is 5.50. The Balaban J connectivity index is 1.57. The van der Waals surface area contributed by atoms with E-state index in [-0.39, 0.29) is 30.0 Å². The second kappa shape index (κ2) is 10.7. The summed E-state index contributed by atoms with van der Waals surface area (Å²) in [6.07, 6.45) is 8.69. The molecule has 0 saturated heterocycles. The number of fused-ring (bicyclic) bond motifs is 1. The summed E-state index contributed by atoms with van der Waals surface area (Å²) in [4.78, 5) is 28.1. The third-order valence-corrected chi connectivity index (χ3v) is 6.41. The summed E-state index contributed by atoms with van der Waals surface area (Å²) in [6.45, 7) is 2.88. The zero-order chi connectivity index (χ0) is 24.1. The highest BCUT2D eigenvalue weighted by atomic mass is 16.5. The number of aryl methyl sites for hydroxylation is 2. The van der Waals surface area contributed by atoms with E-state index in [2.05, 4.69) is 22.7 Å². The van der Waals surface area contributed by atoms with Gasteiger partial charge in [-0.1, -0.05) is 25.8 Å². The van der Waals surface area contributed by atoms with E-state index in [0.717, 1.165) is 60.5 Å². The van der Waals surface area contributed by atoms with Crippen molar-refractivity contribution in [3.63, 3.8) is 0 Å². The number of carbonyl (C=O) groups excluding carboxylic acids is 1. The van der Waals surface area contributed by atoms with E-state index in [1.54, 1.807) is 17.7 Å². The molecule has 3 heterocycles. The number of nitrogens with one attached hydrogen (secondary N) is 2. The minimum absolute atomic E-state index is 0.0413. The highest BCUT2D eigenvalue weighted by molar-refractivity contribution is 5.71. The molecule has 0 unspecified atom stereocenters. The number of ether oxygens (including phenoxy) is 1. The van der Waals surface area contributed by atoms with Gasteiger partial charge in [0.25, 0.3) is 0 Å². The van der Waals surface area contributed by atoms with Crippen LogP contribution < -0.4 is 21.9 Å². The van der Waals surface area contributed by atoms with Gasteiger partial charge >= 0.3 is 5.97 Å². The van der Waals surface area contributed by atoms with Crippen LogP contribution in [0.2, 0.25) is 0 Å². The standard InChI is InChI=1S/C24H33N7O3/c1-3-17-13-27-31-21(26-12-16-8-9-22(32)30(2)14-16)10-20(29-24(17)31)28-19-7-5-4-6-18(19)15-34-23(33)11-25/h8-10,13-14,18-19,26H,3-7,11-12,15,25H2,1-2H3,(H,28,29)/t18-,19-/m0/s1. The molecule has 1 aliphatic carbocycles. The van der Waals surface area contributed by atoms with Crippen molar-refractivity contribution >= 4 is 23.3 Å². The molecule has 0 spiro atoms. The molecule has 3 aromatic rings. The van der Waals surface area contributed by atoms with Crippen molar-refractivity contribution < 1.29 is 9.53 Å². The number of nitrogens with zero attached hydrogens (tertiary/aromatic N) is 4. The number of anilines is 2. The van der Waals surface area contributed by atoms with Crippen LogP contribution in [0.1, 0.15) is 43.7 Å². The fourth-order valence-corrected chi connectivity index (χ4v) is 4.45. The largest absolute Gasteiger partial charge is 0.464 e. The molecule has 0 bridgehead atoms. The molecular weight excluding hydrogens is 434 g/mol. The molecule has 3 aromatic heterocycles. The molecule has 1 fully saturated rings. The van der Waals surface area contributed by atoms with Crippen molar-refractivity contribution in [2.45, 2.75) is 51.6 Å². The normalized spacial score (nSPS) is 18.1. The van der Waals surface area contributed by atoms with E-state index in [9.17, 15) is 9.59 Å². The van der Waals surface area contributed by atoms with Crippen molar-refractivity contribution in [3.05, 3.63) is 52.1 Å². The first-order valence-electron chi connectivity index (χ1n) is 11.9.